The van der Waals surface area contributed by atoms with E-state index in [2.05, 4.69) is 72.6 Å². The first-order chi connectivity index (χ1) is 16.8. The molecule has 8 nitrogen and oxygen atoms in total. The third-order valence-corrected chi connectivity index (χ3v) is 6.38. The molecular formula is C26H31IN6O2. The standard InChI is InChI=1S/C26H31IN6O2/c1-26(2,3)35-25(34)29-16-18-10-13-33(14-11-18)22-6-4-5-19-7-8-21(31-24(19)22)17-30-32-23-15-20(27)9-12-28-23/h4-9,12,15,17-18H,10-11,13-14,16H2,1-3H3,(H,28,32)(H,29,34)/b30-17-. The second-order valence-electron chi connectivity index (χ2n) is 9.63. The van der Waals surface area contributed by atoms with Gasteiger partial charge in [-0.15, -0.1) is 0 Å². The molecule has 1 aromatic carbocycles. The van der Waals surface area contributed by atoms with Gasteiger partial charge in [0, 0.05) is 34.8 Å². The summed E-state index contributed by atoms with van der Waals surface area (Å²) < 4.78 is 6.44. The monoisotopic (exact) mass is 586 g/mol. The first kappa shape index (κ1) is 25.2. The molecule has 0 unspecified atom stereocenters. The van der Waals surface area contributed by atoms with E-state index in [1.165, 1.54) is 0 Å². The van der Waals surface area contributed by atoms with E-state index in [-0.39, 0.29) is 6.09 Å². The molecular weight excluding hydrogens is 555 g/mol. The smallest absolute Gasteiger partial charge is 0.407 e. The Hall–Kier alpha value is -2.95. The SMILES string of the molecule is CC(C)(C)OC(=O)NCC1CCN(c2cccc3ccc(/C=N\Nc4cc(I)ccn4)nc23)CC1. The van der Waals surface area contributed by atoms with Crippen molar-refractivity contribution >= 4 is 57.3 Å². The number of carbonyl (C=O) groups excluding carboxylic acids is 1. The van der Waals surface area contributed by atoms with Crippen molar-refractivity contribution in [3.8, 4) is 0 Å². The van der Waals surface area contributed by atoms with Gasteiger partial charge in [0.15, 0.2) is 0 Å². The Morgan fingerprint density at radius 2 is 2.03 bits per heavy atom. The van der Waals surface area contributed by atoms with Crippen LogP contribution in [0, 0.1) is 9.49 Å². The van der Waals surface area contributed by atoms with E-state index in [0.717, 1.165) is 51.8 Å². The van der Waals surface area contributed by atoms with Gasteiger partial charge in [-0.2, -0.15) is 5.10 Å². The number of rotatable bonds is 6. The number of hydrogen-bond donors (Lipinski definition) is 2. The molecule has 0 aliphatic carbocycles. The minimum Gasteiger partial charge on any atom is -0.444 e. The number of nitrogens with zero attached hydrogens (tertiary/aromatic N) is 4. The first-order valence-electron chi connectivity index (χ1n) is 11.8. The molecule has 1 fully saturated rings. The summed E-state index contributed by atoms with van der Waals surface area (Å²) in [6.07, 6.45) is 5.11. The van der Waals surface area contributed by atoms with Crippen molar-refractivity contribution in [3.63, 3.8) is 0 Å². The van der Waals surface area contributed by atoms with Crippen LogP contribution in [0.15, 0.2) is 53.8 Å². The van der Waals surface area contributed by atoms with Gasteiger partial charge in [-0.05, 0) is 86.4 Å². The number of alkyl carbamates (subject to hydrolysis) is 1. The average molecular weight is 586 g/mol. The van der Waals surface area contributed by atoms with Crippen LogP contribution >= 0.6 is 22.6 Å². The number of benzene rings is 1. The number of para-hydroxylation sites is 1. The van der Waals surface area contributed by atoms with Crippen LogP contribution in [-0.2, 0) is 4.74 Å². The second kappa shape index (κ2) is 11.2. The Kier molecular flexibility index (Phi) is 8.04. The third kappa shape index (κ3) is 7.27. The number of pyridine rings is 2. The number of amides is 1. The third-order valence-electron chi connectivity index (χ3n) is 5.71. The van der Waals surface area contributed by atoms with Crippen molar-refractivity contribution in [2.24, 2.45) is 11.0 Å². The lowest BCUT2D eigenvalue weighted by molar-refractivity contribution is 0.0517. The van der Waals surface area contributed by atoms with Crippen molar-refractivity contribution in [1.82, 2.24) is 15.3 Å². The summed E-state index contributed by atoms with van der Waals surface area (Å²) in [7, 11) is 0. The zero-order valence-electron chi connectivity index (χ0n) is 20.3. The van der Waals surface area contributed by atoms with Crippen molar-refractivity contribution in [2.45, 2.75) is 39.2 Å². The lowest BCUT2D eigenvalue weighted by Crippen LogP contribution is -2.40. The largest absolute Gasteiger partial charge is 0.444 e. The number of aromatic nitrogens is 2. The minimum absolute atomic E-state index is 0.348. The van der Waals surface area contributed by atoms with E-state index in [1.54, 1.807) is 12.4 Å². The maximum absolute atomic E-state index is 12.0. The van der Waals surface area contributed by atoms with Gasteiger partial charge in [0.25, 0.3) is 0 Å². The zero-order chi connectivity index (χ0) is 24.8. The Morgan fingerprint density at radius 3 is 2.77 bits per heavy atom. The molecule has 0 bridgehead atoms. The topological polar surface area (TPSA) is 91.7 Å². The maximum atomic E-state index is 12.0. The lowest BCUT2D eigenvalue weighted by atomic mass is 9.96. The van der Waals surface area contributed by atoms with Crippen molar-refractivity contribution in [1.29, 1.82) is 0 Å². The van der Waals surface area contributed by atoms with E-state index in [1.807, 2.05) is 39.0 Å². The molecule has 0 radical (unpaired) electrons. The van der Waals surface area contributed by atoms with Gasteiger partial charge in [-0.3, -0.25) is 5.43 Å². The highest BCUT2D eigenvalue weighted by molar-refractivity contribution is 14.1. The molecule has 1 aliphatic heterocycles. The van der Waals surface area contributed by atoms with Crippen molar-refractivity contribution < 1.29 is 9.53 Å². The van der Waals surface area contributed by atoms with Crippen molar-refractivity contribution in [3.05, 3.63) is 57.9 Å². The summed E-state index contributed by atoms with van der Waals surface area (Å²) in [5.74, 6) is 1.13. The molecule has 1 aliphatic rings. The highest BCUT2D eigenvalue weighted by Crippen LogP contribution is 2.29. The average Bonchev–Trinajstić information content (AvgIpc) is 2.82. The summed E-state index contributed by atoms with van der Waals surface area (Å²) >= 11 is 2.24. The van der Waals surface area contributed by atoms with Crippen LogP contribution < -0.4 is 15.6 Å². The van der Waals surface area contributed by atoms with E-state index in [9.17, 15) is 4.79 Å². The molecule has 1 saturated heterocycles. The van der Waals surface area contributed by atoms with Crippen LogP contribution in [0.25, 0.3) is 10.9 Å². The molecule has 9 heteroatoms. The summed E-state index contributed by atoms with van der Waals surface area (Å²) in [6, 6.07) is 14.2. The van der Waals surface area contributed by atoms with Gasteiger partial charge < -0.3 is 15.0 Å². The molecule has 2 aromatic heterocycles. The lowest BCUT2D eigenvalue weighted by Gasteiger charge is -2.34. The number of anilines is 2. The summed E-state index contributed by atoms with van der Waals surface area (Å²) in [4.78, 5) is 23.5. The number of hydrazone groups is 1. The van der Waals surface area contributed by atoms with Gasteiger partial charge in [0.2, 0.25) is 0 Å². The number of fused-ring (bicyclic) bond motifs is 1. The molecule has 35 heavy (non-hydrogen) atoms. The van der Waals surface area contributed by atoms with E-state index >= 15 is 0 Å². The van der Waals surface area contributed by atoms with Crippen molar-refractivity contribution in [2.75, 3.05) is 30.0 Å². The zero-order valence-corrected chi connectivity index (χ0v) is 22.4. The fourth-order valence-corrected chi connectivity index (χ4v) is 4.48. The van der Waals surface area contributed by atoms with Crippen LogP contribution in [0.5, 0.6) is 0 Å². The first-order valence-corrected chi connectivity index (χ1v) is 12.9. The van der Waals surface area contributed by atoms with Crippen LogP contribution in [0.3, 0.4) is 0 Å². The summed E-state index contributed by atoms with van der Waals surface area (Å²) in [5.41, 5.74) is 5.35. The van der Waals surface area contributed by atoms with Crippen LogP contribution in [0.4, 0.5) is 16.3 Å². The molecule has 3 heterocycles. The molecule has 0 spiro atoms. The Balaban J connectivity index is 1.38. The van der Waals surface area contributed by atoms with E-state index < -0.39 is 5.60 Å². The van der Waals surface area contributed by atoms with Crippen LogP contribution in [-0.4, -0.2) is 47.5 Å². The molecule has 1 amide bonds. The van der Waals surface area contributed by atoms with E-state index in [0.29, 0.717) is 18.3 Å². The number of piperidine rings is 1. The predicted molar refractivity (Wildman–Crippen MR) is 149 cm³/mol. The Morgan fingerprint density at radius 1 is 1.23 bits per heavy atom. The summed E-state index contributed by atoms with van der Waals surface area (Å²) in [6.45, 7) is 8.09. The molecule has 184 valence electrons. The minimum atomic E-state index is -0.481. The Bertz CT molecular complexity index is 1200. The van der Waals surface area contributed by atoms with Crippen LogP contribution in [0.2, 0.25) is 0 Å². The highest BCUT2D eigenvalue weighted by Gasteiger charge is 2.23. The number of ether oxygens (including phenoxy) is 1. The van der Waals surface area contributed by atoms with Gasteiger partial charge in [0.1, 0.15) is 11.4 Å². The van der Waals surface area contributed by atoms with Gasteiger partial charge >= 0.3 is 6.09 Å². The molecule has 3 aromatic rings. The number of halogens is 1. The quantitative estimate of drug-likeness (QED) is 0.228. The number of hydrogen-bond acceptors (Lipinski definition) is 7. The number of carbonyl (C=O) groups is 1. The Labute approximate surface area is 219 Å². The van der Waals surface area contributed by atoms with Gasteiger partial charge in [-0.1, -0.05) is 18.2 Å². The molecule has 2 N–H and O–H groups in total. The molecule has 0 atom stereocenters. The fourth-order valence-electron chi connectivity index (χ4n) is 4.02. The van der Waals surface area contributed by atoms with Gasteiger partial charge in [0.05, 0.1) is 23.1 Å². The van der Waals surface area contributed by atoms with Gasteiger partial charge in [-0.25, -0.2) is 14.8 Å². The normalized spacial score (nSPS) is 14.9. The fraction of sp³-hybridized carbons (Fsp3) is 0.385. The summed E-state index contributed by atoms with van der Waals surface area (Å²) in [5, 5.41) is 8.32. The second-order valence-corrected chi connectivity index (χ2v) is 10.9. The van der Waals surface area contributed by atoms with E-state index in [4.69, 9.17) is 9.72 Å². The predicted octanol–water partition coefficient (Wildman–Crippen LogP) is 5.42. The molecule has 0 saturated carbocycles. The highest BCUT2D eigenvalue weighted by atomic mass is 127. The number of nitrogens with one attached hydrogen (secondary N) is 2. The van der Waals surface area contributed by atoms with Crippen LogP contribution in [0.1, 0.15) is 39.3 Å². The molecule has 4 rings (SSSR count). The maximum Gasteiger partial charge on any atom is 0.407 e.